The standard InChI is InChI=1S/C19H18N2O4/c1-25-15-6-9(2-5-14(15)22)8-20-21-18(23)16-10-3-4-11(13-7-12(10)13)17(16)19(21)24/h2-6,8,10-13,16-17,22H,7H2,1H3/b20-8-/t10-,11-,12-,13-,16-,17+/m0/s1. The van der Waals surface area contributed by atoms with Gasteiger partial charge in [0.25, 0.3) is 11.8 Å². The fourth-order valence-corrected chi connectivity index (χ4v) is 4.95. The first-order chi connectivity index (χ1) is 12.1. The van der Waals surface area contributed by atoms with Crippen LogP contribution in [0.15, 0.2) is 35.5 Å². The molecular weight excluding hydrogens is 320 g/mol. The zero-order chi connectivity index (χ0) is 17.3. The van der Waals surface area contributed by atoms with E-state index >= 15 is 0 Å². The van der Waals surface area contributed by atoms with Gasteiger partial charge in [-0.3, -0.25) is 9.59 Å². The summed E-state index contributed by atoms with van der Waals surface area (Å²) in [6.07, 6.45) is 6.89. The lowest BCUT2D eigenvalue weighted by Gasteiger charge is -2.37. The molecule has 0 radical (unpaired) electrons. The molecule has 1 aromatic rings. The number of imide groups is 1. The van der Waals surface area contributed by atoms with Gasteiger partial charge < -0.3 is 9.84 Å². The summed E-state index contributed by atoms with van der Waals surface area (Å²) in [5, 5.41) is 14.9. The Balaban J connectivity index is 1.42. The fourth-order valence-electron chi connectivity index (χ4n) is 4.95. The molecule has 1 aliphatic heterocycles. The van der Waals surface area contributed by atoms with Gasteiger partial charge in [-0.15, -0.1) is 0 Å². The maximum Gasteiger partial charge on any atom is 0.254 e. The third-order valence-electron chi connectivity index (χ3n) is 6.17. The molecule has 0 aromatic heterocycles. The minimum atomic E-state index is -0.238. The van der Waals surface area contributed by atoms with Crippen LogP contribution in [0.1, 0.15) is 12.0 Å². The summed E-state index contributed by atoms with van der Waals surface area (Å²) < 4.78 is 5.06. The lowest BCUT2D eigenvalue weighted by Crippen LogP contribution is -2.40. The minimum Gasteiger partial charge on any atom is -0.504 e. The van der Waals surface area contributed by atoms with Crippen molar-refractivity contribution < 1.29 is 19.4 Å². The number of allylic oxidation sites excluding steroid dienone is 2. The first kappa shape index (κ1) is 14.7. The molecule has 2 saturated carbocycles. The summed E-state index contributed by atoms with van der Waals surface area (Å²) in [4.78, 5) is 25.6. The van der Waals surface area contributed by atoms with Crippen molar-refractivity contribution in [3.8, 4) is 11.5 Å². The molecule has 5 aliphatic rings. The Morgan fingerprint density at radius 1 is 1.16 bits per heavy atom. The van der Waals surface area contributed by atoms with Crippen LogP contribution in [-0.4, -0.2) is 35.3 Å². The second kappa shape index (κ2) is 4.94. The van der Waals surface area contributed by atoms with Crippen LogP contribution in [0.2, 0.25) is 0 Å². The molecule has 3 fully saturated rings. The highest BCUT2D eigenvalue weighted by atomic mass is 16.5. The Morgan fingerprint density at radius 3 is 2.40 bits per heavy atom. The predicted octanol–water partition coefficient (Wildman–Crippen LogP) is 1.79. The van der Waals surface area contributed by atoms with Crippen molar-refractivity contribution in [3.63, 3.8) is 0 Å². The molecule has 0 unspecified atom stereocenters. The number of rotatable bonds is 3. The van der Waals surface area contributed by atoms with Crippen LogP contribution in [-0.2, 0) is 9.59 Å². The van der Waals surface area contributed by atoms with Gasteiger partial charge in [0.15, 0.2) is 11.5 Å². The van der Waals surface area contributed by atoms with Crippen LogP contribution < -0.4 is 4.74 Å². The lowest BCUT2D eigenvalue weighted by molar-refractivity contribution is -0.140. The van der Waals surface area contributed by atoms with Gasteiger partial charge in [-0.05, 0) is 53.9 Å². The SMILES string of the molecule is COc1cc(/C=N\N2C(=O)[C@@H]3[C@H]4C=C[C@@H]([C@@H]5C[C@@H]45)[C@@H]3C2=O)ccc1O. The summed E-state index contributed by atoms with van der Waals surface area (Å²) in [7, 11) is 1.46. The molecule has 4 aliphatic carbocycles. The number of carbonyl (C=O) groups excluding carboxylic acids is 2. The first-order valence-corrected chi connectivity index (χ1v) is 8.57. The molecule has 6 heteroatoms. The Hall–Kier alpha value is -2.63. The Labute approximate surface area is 144 Å². The Kier molecular flexibility index (Phi) is 2.90. The topological polar surface area (TPSA) is 79.2 Å². The minimum absolute atomic E-state index is 0.0286. The smallest absolute Gasteiger partial charge is 0.254 e. The van der Waals surface area contributed by atoms with Crippen molar-refractivity contribution in [1.82, 2.24) is 5.01 Å². The van der Waals surface area contributed by atoms with Crippen molar-refractivity contribution in [1.29, 1.82) is 0 Å². The highest BCUT2D eigenvalue weighted by Gasteiger charge is 2.67. The van der Waals surface area contributed by atoms with Gasteiger partial charge in [0.1, 0.15) is 0 Å². The lowest BCUT2D eigenvalue weighted by atomic mass is 9.63. The monoisotopic (exact) mass is 338 g/mol. The summed E-state index contributed by atoms with van der Waals surface area (Å²) >= 11 is 0. The van der Waals surface area contributed by atoms with Crippen LogP contribution in [0.25, 0.3) is 0 Å². The number of phenolic OH excluding ortho intramolecular Hbond substituents is 1. The zero-order valence-corrected chi connectivity index (χ0v) is 13.7. The average molecular weight is 338 g/mol. The Morgan fingerprint density at radius 2 is 1.80 bits per heavy atom. The fraction of sp³-hybridized carbons (Fsp3) is 0.421. The van der Waals surface area contributed by atoms with Gasteiger partial charge >= 0.3 is 0 Å². The molecule has 6 rings (SSSR count). The van der Waals surface area contributed by atoms with E-state index in [2.05, 4.69) is 17.3 Å². The molecule has 2 amide bonds. The second-order valence-corrected chi connectivity index (χ2v) is 7.32. The largest absolute Gasteiger partial charge is 0.504 e. The van der Waals surface area contributed by atoms with Gasteiger partial charge in [0, 0.05) is 0 Å². The van der Waals surface area contributed by atoms with E-state index in [0.29, 0.717) is 23.1 Å². The van der Waals surface area contributed by atoms with Crippen LogP contribution in [0.4, 0.5) is 0 Å². The predicted molar refractivity (Wildman–Crippen MR) is 88.8 cm³/mol. The van der Waals surface area contributed by atoms with Crippen LogP contribution in [0.3, 0.4) is 0 Å². The number of phenols is 1. The van der Waals surface area contributed by atoms with Crippen molar-refractivity contribution in [2.75, 3.05) is 7.11 Å². The van der Waals surface area contributed by atoms with Crippen LogP contribution >= 0.6 is 0 Å². The van der Waals surface area contributed by atoms with Crippen molar-refractivity contribution >= 4 is 18.0 Å². The molecule has 1 heterocycles. The quantitative estimate of drug-likeness (QED) is 0.518. The normalized spacial score (nSPS) is 37.6. The maximum absolute atomic E-state index is 12.8. The summed E-state index contributed by atoms with van der Waals surface area (Å²) in [5.74, 6) is 1.08. The Bertz CT molecular complexity index is 810. The van der Waals surface area contributed by atoms with Gasteiger partial charge in [-0.1, -0.05) is 12.2 Å². The van der Waals surface area contributed by atoms with E-state index in [1.165, 1.54) is 19.4 Å². The number of aromatic hydroxyl groups is 1. The zero-order valence-electron chi connectivity index (χ0n) is 13.7. The van der Waals surface area contributed by atoms with Crippen molar-refractivity contribution in [2.45, 2.75) is 6.42 Å². The maximum atomic E-state index is 12.8. The number of hydrogen-bond acceptors (Lipinski definition) is 5. The molecule has 128 valence electrons. The van der Waals surface area contributed by atoms with Gasteiger partial charge in [0.05, 0.1) is 25.2 Å². The molecular formula is C19H18N2O4. The van der Waals surface area contributed by atoms with E-state index in [4.69, 9.17) is 4.74 Å². The molecule has 6 atom stereocenters. The van der Waals surface area contributed by atoms with Crippen molar-refractivity contribution in [3.05, 3.63) is 35.9 Å². The number of amides is 2. The number of carbonyl (C=O) groups is 2. The summed E-state index contributed by atoms with van der Waals surface area (Å²) in [6.45, 7) is 0. The third kappa shape index (κ3) is 1.94. The van der Waals surface area contributed by atoms with E-state index in [1.807, 2.05) is 0 Å². The molecule has 1 aromatic carbocycles. The van der Waals surface area contributed by atoms with E-state index in [-0.39, 0.29) is 41.2 Å². The van der Waals surface area contributed by atoms with E-state index in [9.17, 15) is 14.7 Å². The van der Waals surface area contributed by atoms with Gasteiger partial charge in [0.2, 0.25) is 0 Å². The average Bonchev–Trinajstić information content (AvgIpc) is 3.40. The van der Waals surface area contributed by atoms with E-state index in [0.717, 1.165) is 11.4 Å². The van der Waals surface area contributed by atoms with E-state index < -0.39 is 0 Å². The third-order valence-corrected chi connectivity index (χ3v) is 6.17. The van der Waals surface area contributed by atoms with Gasteiger partial charge in [-0.2, -0.15) is 10.1 Å². The highest BCUT2D eigenvalue weighted by molar-refractivity contribution is 6.06. The highest BCUT2D eigenvalue weighted by Crippen LogP contribution is 2.65. The second-order valence-electron chi connectivity index (χ2n) is 7.32. The summed E-state index contributed by atoms with van der Waals surface area (Å²) in [6, 6.07) is 4.75. The van der Waals surface area contributed by atoms with Crippen molar-refractivity contribution in [2.24, 2.45) is 40.6 Å². The summed E-state index contributed by atoms with van der Waals surface area (Å²) in [5.41, 5.74) is 0.647. The number of methoxy groups -OCH3 is 1. The first-order valence-electron chi connectivity index (χ1n) is 8.57. The molecule has 1 saturated heterocycles. The molecule has 1 N–H and O–H groups in total. The molecule has 0 spiro atoms. The van der Waals surface area contributed by atoms with Crippen LogP contribution in [0, 0.1) is 35.5 Å². The number of ether oxygens (including phenoxy) is 1. The molecule has 2 bridgehead atoms. The number of hydrazone groups is 1. The van der Waals surface area contributed by atoms with E-state index in [1.54, 1.807) is 12.1 Å². The molecule has 25 heavy (non-hydrogen) atoms. The van der Waals surface area contributed by atoms with Crippen LogP contribution in [0.5, 0.6) is 11.5 Å². The number of nitrogens with zero attached hydrogens (tertiary/aromatic N) is 2. The van der Waals surface area contributed by atoms with Gasteiger partial charge in [-0.25, -0.2) is 0 Å². The number of benzene rings is 1. The number of hydrogen-bond donors (Lipinski definition) is 1. The molecule has 6 nitrogen and oxygen atoms in total.